The minimum atomic E-state index is -0.201. The summed E-state index contributed by atoms with van der Waals surface area (Å²) in [5.41, 5.74) is 5.46. The molecule has 0 bridgehead atoms. The fourth-order valence-corrected chi connectivity index (χ4v) is 0.529. The van der Waals surface area contributed by atoms with Gasteiger partial charge in [-0.15, -0.1) is 0 Å². The van der Waals surface area contributed by atoms with Crippen LogP contribution in [0.5, 0.6) is 0 Å². The molecule has 0 aromatic carbocycles. The van der Waals surface area contributed by atoms with E-state index < -0.39 is 0 Å². The molecule has 0 spiro atoms. The summed E-state index contributed by atoms with van der Waals surface area (Å²) in [6, 6.07) is 0. The highest BCUT2D eigenvalue weighted by molar-refractivity contribution is 5.79. The highest BCUT2D eigenvalue weighted by Crippen LogP contribution is 1.90. The van der Waals surface area contributed by atoms with Crippen LogP contribution in [0.25, 0.3) is 0 Å². The van der Waals surface area contributed by atoms with Gasteiger partial charge >= 0.3 is 0 Å². The van der Waals surface area contributed by atoms with E-state index in [0.29, 0.717) is 11.8 Å². The van der Waals surface area contributed by atoms with Crippen LogP contribution in [0.15, 0.2) is 12.4 Å². The predicted molar refractivity (Wildman–Crippen MR) is 34.9 cm³/mol. The standard InChI is InChI=1S/C5H6N4O/c6-5(7)9-2-4(3-10)1-8-9/h1-3H,(H3,6,7). The van der Waals surface area contributed by atoms with Crippen LogP contribution in [0.2, 0.25) is 0 Å². The van der Waals surface area contributed by atoms with Gasteiger partial charge < -0.3 is 5.73 Å². The SMILES string of the molecule is N=C(N)n1cc(C=O)cn1. The van der Waals surface area contributed by atoms with Crippen molar-refractivity contribution in [3.05, 3.63) is 18.0 Å². The quantitative estimate of drug-likeness (QED) is 0.310. The summed E-state index contributed by atoms with van der Waals surface area (Å²) >= 11 is 0. The lowest BCUT2D eigenvalue weighted by Crippen LogP contribution is -2.20. The summed E-state index contributed by atoms with van der Waals surface area (Å²) < 4.78 is 1.11. The molecule has 10 heavy (non-hydrogen) atoms. The van der Waals surface area contributed by atoms with E-state index in [1.165, 1.54) is 12.4 Å². The van der Waals surface area contributed by atoms with E-state index in [-0.39, 0.29) is 5.96 Å². The Labute approximate surface area is 57.0 Å². The van der Waals surface area contributed by atoms with Gasteiger partial charge in [-0.3, -0.25) is 10.2 Å². The fraction of sp³-hybridized carbons (Fsp3) is 0. The fourth-order valence-electron chi connectivity index (χ4n) is 0.529. The Morgan fingerprint density at radius 3 is 2.90 bits per heavy atom. The van der Waals surface area contributed by atoms with Gasteiger partial charge in [-0.25, -0.2) is 4.68 Å². The van der Waals surface area contributed by atoms with Crippen molar-refractivity contribution in [3.63, 3.8) is 0 Å². The van der Waals surface area contributed by atoms with Gasteiger partial charge in [-0.05, 0) is 0 Å². The van der Waals surface area contributed by atoms with Crippen molar-refractivity contribution in [3.8, 4) is 0 Å². The maximum Gasteiger partial charge on any atom is 0.213 e. The zero-order valence-corrected chi connectivity index (χ0v) is 5.11. The Bertz CT molecular complexity index is 264. The first-order valence-corrected chi connectivity index (χ1v) is 2.58. The lowest BCUT2D eigenvalue weighted by Gasteiger charge is -1.91. The third-order valence-corrected chi connectivity index (χ3v) is 0.985. The van der Waals surface area contributed by atoms with Crippen molar-refractivity contribution in [1.82, 2.24) is 9.78 Å². The smallest absolute Gasteiger partial charge is 0.213 e. The first-order valence-electron chi connectivity index (χ1n) is 2.58. The van der Waals surface area contributed by atoms with E-state index in [2.05, 4.69) is 5.10 Å². The van der Waals surface area contributed by atoms with Crippen LogP contribution in [0.4, 0.5) is 0 Å². The monoisotopic (exact) mass is 138 g/mol. The maximum atomic E-state index is 10.1. The Balaban J connectivity index is 2.98. The lowest BCUT2D eigenvalue weighted by atomic mass is 10.4. The largest absolute Gasteiger partial charge is 0.368 e. The van der Waals surface area contributed by atoms with Crippen LogP contribution < -0.4 is 5.73 Å². The number of nitrogens with one attached hydrogen (secondary N) is 1. The summed E-state index contributed by atoms with van der Waals surface area (Å²) in [6.45, 7) is 0. The molecule has 0 aliphatic carbocycles. The molecule has 0 radical (unpaired) electrons. The Kier molecular flexibility index (Phi) is 1.49. The van der Waals surface area contributed by atoms with Gasteiger partial charge in [0, 0.05) is 6.20 Å². The van der Waals surface area contributed by atoms with Gasteiger partial charge in [0.25, 0.3) is 0 Å². The second kappa shape index (κ2) is 2.30. The number of rotatable bonds is 1. The Morgan fingerprint density at radius 1 is 1.90 bits per heavy atom. The molecule has 0 atom stereocenters. The van der Waals surface area contributed by atoms with Crippen LogP contribution in [0.1, 0.15) is 10.4 Å². The summed E-state index contributed by atoms with van der Waals surface area (Å²) in [5, 5.41) is 10.5. The molecule has 0 saturated heterocycles. The number of carbonyl (C=O) groups excluding carboxylic acids is 1. The molecular weight excluding hydrogens is 132 g/mol. The molecular formula is C5H6N4O. The molecule has 0 amide bonds. The topological polar surface area (TPSA) is 84.8 Å². The zero-order chi connectivity index (χ0) is 7.56. The third-order valence-electron chi connectivity index (χ3n) is 0.985. The van der Waals surface area contributed by atoms with Gasteiger partial charge in [0.1, 0.15) is 0 Å². The molecule has 52 valence electrons. The molecule has 0 unspecified atom stereocenters. The normalized spacial score (nSPS) is 9.20. The Morgan fingerprint density at radius 2 is 2.60 bits per heavy atom. The molecule has 0 saturated carbocycles. The highest BCUT2D eigenvalue weighted by atomic mass is 16.1. The average Bonchev–Trinajstić information content (AvgIpc) is 2.34. The number of hydrogen-bond acceptors (Lipinski definition) is 3. The number of nitrogen functional groups attached to an aromatic ring is 1. The van der Waals surface area contributed by atoms with Gasteiger partial charge in [-0.2, -0.15) is 5.10 Å². The summed E-state index contributed by atoms with van der Waals surface area (Å²) in [4.78, 5) is 10.1. The van der Waals surface area contributed by atoms with Crippen molar-refractivity contribution in [2.75, 3.05) is 0 Å². The first kappa shape index (κ1) is 6.47. The number of nitrogens with zero attached hydrogens (tertiary/aromatic N) is 2. The van der Waals surface area contributed by atoms with Crippen LogP contribution >= 0.6 is 0 Å². The van der Waals surface area contributed by atoms with Gasteiger partial charge in [0.15, 0.2) is 6.29 Å². The van der Waals surface area contributed by atoms with E-state index in [1.54, 1.807) is 0 Å². The molecule has 0 fully saturated rings. The van der Waals surface area contributed by atoms with Crippen molar-refractivity contribution >= 4 is 12.2 Å². The Hall–Kier alpha value is -1.65. The molecule has 1 heterocycles. The number of nitrogens with two attached hydrogens (primary N) is 1. The van der Waals surface area contributed by atoms with E-state index in [9.17, 15) is 4.79 Å². The van der Waals surface area contributed by atoms with E-state index in [1.807, 2.05) is 0 Å². The third kappa shape index (κ3) is 1.02. The van der Waals surface area contributed by atoms with Crippen molar-refractivity contribution in [2.24, 2.45) is 5.73 Å². The number of hydrogen-bond donors (Lipinski definition) is 2. The maximum absolute atomic E-state index is 10.1. The van der Waals surface area contributed by atoms with E-state index in [0.717, 1.165) is 4.68 Å². The van der Waals surface area contributed by atoms with Crippen molar-refractivity contribution in [2.45, 2.75) is 0 Å². The lowest BCUT2D eigenvalue weighted by molar-refractivity contribution is 0.112. The van der Waals surface area contributed by atoms with Crippen LogP contribution in [0.3, 0.4) is 0 Å². The first-order chi connectivity index (χ1) is 4.74. The number of aldehydes is 1. The van der Waals surface area contributed by atoms with Gasteiger partial charge in [0.2, 0.25) is 5.96 Å². The summed E-state index contributed by atoms with van der Waals surface area (Å²) in [7, 11) is 0. The van der Waals surface area contributed by atoms with Gasteiger partial charge in [-0.1, -0.05) is 0 Å². The zero-order valence-electron chi connectivity index (χ0n) is 5.11. The van der Waals surface area contributed by atoms with Crippen LogP contribution in [0, 0.1) is 5.41 Å². The molecule has 5 nitrogen and oxygen atoms in total. The summed E-state index contributed by atoms with van der Waals surface area (Å²) in [5.74, 6) is -0.201. The minimum Gasteiger partial charge on any atom is -0.368 e. The van der Waals surface area contributed by atoms with Crippen molar-refractivity contribution in [1.29, 1.82) is 5.41 Å². The molecule has 1 rings (SSSR count). The van der Waals surface area contributed by atoms with E-state index >= 15 is 0 Å². The molecule has 1 aromatic rings. The molecule has 0 aliphatic heterocycles. The average molecular weight is 138 g/mol. The predicted octanol–water partition coefficient (Wildman–Crippen LogP) is -0.563. The summed E-state index contributed by atoms with van der Waals surface area (Å²) in [6.07, 6.45) is 3.37. The molecule has 5 heteroatoms. The van der Waals surface area contributed by atoms with Gasteiger partial charge in [0.05, 0.1) is 11.8 Å². The van der Waals surface area contributed by atoms with E-state index in [4.69, 9.17) is 11.1 Å². The van der Waals surface area contributed by atoms with Crippen LogP contribution in [-0.4, -0.2) is 22.0 Å². The second-order valence-electron chi connectivity index (χ2n) is 1.72. The molecule has 0 aliphatic rings. The second-order valence-corrected chi connectivity index (χ2v) is 1.72. The number of aromatic nitrogens is 2. The minimum absolute atomic E-state index is 0.201. The highest BCUT2D eigenvalue weighted by Gasteiger charge is 1.96. The molecule has 3 N–H and O–H groups in total. The number of carbonyl (C=O) groups is 1. The van der Waals surface area contributed by atoms with Crippen LogP contribution in [-0.2, 0) is 0 Å². The van der Waals surface area contributed by atoms with Crippen molar-refractivity contribution < 1.29 is 4.79 Å². The molecule has 1 aromatic heterocycles.